The van der Waals surface area contributed by atoms with E-state index in [0.29, 0.717) is 13.0 Å². The number of carbonyl (C=O) groups is 1. The molecule has 1 aromatic rings. The molecular formula is C12H19N3O. The molecule has 0 saturated heterocycles. The monoisotopic (exact) mass is 221 g/mol. The van der Waals surface area contributed by atoms with Crippen molar-refractivity contribution in [1.29, 1.82) is 0 Å². The van der Waals surface area contributed by atoms with E-state index >= 15 is 0 Å². The van der Waals surface area contributed by atoms with Gasteiger partial charge in [0.1, 0.15) is 0 Å². The second-order valence-corrected chi connectivity index (χ2v) is 4.02. The van der Waals surface area contributed by atoms with Gasteiger partial charge in [0.25, 0.3) is 0 Å². The minimum absolute atomic E-state index is 0.152. The average molecular weight is 221 g/mol. The van der Waals surface area contributed by atoms with Crippen molar-refractivity contribution < 1.29 is 4.79 Å². The largest absolute Gasteiger partial charge is 0.349 e. The summed E-state index contributed by atoms with van der Waals surface area (Å²) in [6.45, 7) is 3.53. The van der Waals surface area contributed by atoms with Crippen molar-refractivity contribution in [3.8, 4) is 0 Å². The van der Waals surface area contributed by atoms with Crippen LogP contribution >= 0.6 is 0 Å². The molecule has 0 aliphatic carbocycles. The number of carbonyl (C=O) groups excluding carboxylic acids is 1. The van der Waals surface area contributed by atoms with Gasteiger partial charge in [-0.25, -0.2) is 0 Å². The number of aryl methyl sites for hydroxylation is 1. The number of pyridine rings is 1. The fourth-order valence-corrected chi connectivity index (χ4v) is 1.34. The highest BCUT2D eigenvalue weighted by atomic mass is 16.2. The third kappa shape index (κ3) is 3.98. The van der Waals surface area contributed by atoms with Crippen LogP contribution in [0.5, 0.6) is 0 Å². The van der Waals surface area contributed by atoms with Gasteiger partial charge in [0.05, 0.1) is 0 Å². The predicted octanol–water partition coefficient (Wildman–Crippen LogP) is 0.958. The lowest BCUT2D eigenvalue weighted by molar-refractivity contribution is -0.128. The molecular weight excluding hydrogens is 202 g/mol. The predicted molar refractivity (Wildman–Crippen MR) is 64.0 cm³/mol. The molecule has 4 heteroatoms. The molecule has 1 amide bonds. The van der Waals surface area contributed by atoms with Crippen LogP contribution in [0, 0.1) is 6.92 Å². The summed E-state index contributed by atoms with van der Waals surface area (Å²) in [6, 6.07) is 2.00. The van der Waals surface area contributed by atoms with Gasteiger partial charge in [-0.2, -0.15) is 0 Å². The summed E-state index contributed by atoms with van der Waals surface area (Å²) in [6.07, 6.45) is 4.17. The molecule has 0 unspecified atom stereocenters. The van der Waals surface area contributed by atoms with Gasteiger partial charge in [-0.1, -0.05) is 0 Å². The van der Waals surface area contributed by atoms with Gasteiger partial charge in [-0.05, 0) is 24.1 Å². The quantitative estimate of drug-likeness (QED) is 0.753. The van der Waals surface area contributed by atoms with Crippen molar-refractivity contribution in [2.45, 2.75) is 19.9 Å². The topological polar surface area (TPSA) is 45.2 Å². The molecule has 0 radical (unpaired) electrons. The van der Waals surface area contributed by atoms with Gasteiger partial charge in [0.2, 0.25) is 5.91 Å². The standard InChI is InChI=1S/C12H19N3O/c1-10-8-13-6-4-11(10)9-14-7-5-12(16)15(2)3/h4,6,8,14H,5,7,9H2,1-3H3. The van der Waals surface area contributed by atoms with Gasteiger partial charge in [-0.15, -0.1) is 0 Å². The Bertz CT molecular complexity index is 350. The second-order valence-electron chi connectivity index (χ2n) is 4.02. The number of nitrogens with zero attached hydrogens (tertiary/aromatic N) is 2. The lowest BCUT2D eigenvalue weighted by Gasteiger charge is -2.11. The smallest absolute Gasteiger partial charge is 0.223 e. The van der Waals surface area contributed by atoms with E-state index in [9.17, 15) is 4.79 Å². The molecule has 0 spiro atoms. The highest BCUT2D eigenvalue weighted by Crippen LogP contribution is 2.03. The van der Waals surface area contributed by atoms with Crippen LogP contribution in [0.1, 0.15) is 17.5 Å². The van der Waals surface area contributed by atoms with Crippen molar-refractivity contribution >= 4 is 5.91 Å². The minimum atomic E-state index is 0.152. The summed E-state index contributed by atoms with van der Waals surface area (Å²) in [5.74, 6) is 0.152. The Kier molecular flexibility index (Phi) is 4.92. The maximum atomic E-state index is 11.3. The average Bonchev–Trinajstić information content (AvgIpc) is 2.26. The Morgan fingerprint density at radius 3 is 2.88 bits per heavy atom. The fourth-order valence-electron chi connectivity index (χ4n) is 1.34. The van der Waals surface area contributed by atoms with E-state index < -0.39 is 0 Å². The van der Waals surface area contributed by atoms with Gasteiger partial charge >= 0.3 is 0 Å². The maximum absolute atomic E-state index is 11.3. The summed E-state index contributed by atoms with van der Waals surface area (Å²) in [5.41, 5.74) is 2.40. The first-order chi connectivity index (χ1) is 7.61. The van der Waals surface area contributed by atoms with Crippen molar-refractivity contribution in [3.63, 3.8) is 0 Å². The number of hydrogen-bond acceptors (Lipinski definition) is 3. The van der Waals surface area contributed by atoms with Gasteiger partial charge in [0.15, 0.2) is 0 Å². The zero-order chi connectivity index (χ0) is 12.0. The van der Waals surface area contributed by atoms with Gasteiger partial charge in [0, 0.05) is 46.0 Å². The summed E-state index contributed by atoms with van der Waals surface area (Å²) < 4.78 is 0. The van der Waals surface area contributed by atoms with Crippen LogP contribution < -0.4 is 5.32 Å². The first-order valence-corrected chi connectivity index (χ1v) is 5.41. The van der Waals surface area contributed by atoms with E-state index in [1.165, 1.54) is 11.1 Å². The fraction of sp³-hybridized carbons (Fsp3) is 0.500. The van der Waals surface area contributed by atoms with Crippen molar-refractivity contribution in [3.05, 3.63) is 29.6 Å². The van der Waals surface area contributed by atoms with Crippen LogP contribution in [0.2, 0.25) is 0 Å². The van der Waals surface area contributed by atoms with Crippen LogP contribution in [0.4, 0.5) is 0 Å². The number of hydrogen-bond donors (Lipinski definition) is 1. The number of nitrogens with one attached hydrogen (secondary N) is 1. The highest BCUT2D eigenvalue weighted by molar-refractivity contribution is 5.75. The van der Waals surface area contributed by atoms with E-state index in [2.05, 4.69) is 10.3 Å². The van der Waals surface area contributed by atoms with E-state index in [4.69, 9.17) is 0 Å². The van der Waals surface area contributed by atoms with Gasteiger partial charge < -0.3 is 10.2 Å². The van der Waals surface area contributed by atoms with Crippen LogP contribution in [-0.2, 0) is 11.3 Å². The molecule has 0 bridgehead atoms. The summed E-state index contributed by atoms with van der Waals surface area (Å²) >= 11 is 0. The molecule has 0 fully saturated rings. The minimum Gasteiger partial charge on any atom is -0.349 e. The second kappa shape index (κ2) is 6.23. The molecule has 1 N–H and O–H groups in total. The summed E-state index contributed by atoms with van der Waals surface area (Å²) in [7, 11) is 3.55. The van der Waals surface area contributed by atoms with E-state index in [0.717, 1.165) is 6.54 Å². The normalized spacial score (nSPS) is 10.2. The summed E-state index contributed by atoms with van der Waals surface area (Å²) in [5, 5.41) is 3.25. The number of rotatable bonds is 5. The van der Waals surface area contributed by atoms with E-state index in [-0.39, 0.29) is 5.91 Å². The Labute approximate surface area is 96.7 Å². The Morgan fingerprint density at radius 2 is 2.25 bits per heavy atom. The maximum Gasteiger partial charge on any atom is 0.223 e. The third-order valence-electron chi connectivity index (χ3n) is 2.47. The lowest BCUT2D eigenvalue weighted by Crippen LogP contribution is -2.26. The molecule has 0 atom stereocenters. The zero-order valence-electron chi connectivity index (χ0n) is 10.2. The Balaban J connectivity index is 2.26. The third-order valence-corrected chi connectivity index (χ3v) is 2.47. The summed E-state index contributed by atoms with van der Waals surface area (Å²) in [4.78, 5) is 16.9. The molecule has 0 aromatic carbocycles. The molecule has 1 heterocycles. The van der Waals surface area contributed by atoms with Crippen molar-refractivity contribution in [1.82, 2.24) is 15.2 Å². The molecule has 0 aliphatic heterocycles. The molecule has 88 valence electrons. The molecule has 1 aromatic heterocycles. The van der Waals surface area contributed by atoms with E-state index in [1.54, 1.807) is 25.2 Å². The number of amides is 1. The van der Waals surface area contributed by atoms with Crippen molar-refractivity contribution in [2.24, 2.45) is 0 Å². The SMILES string of the molecule is Cc1cnccc1CNCCC(=O)N(C)C. The van der Waals surface area contributed by atoms with Gasteiger partial charge in [-0.3, -0.25) is 9.78 Å². The van der Waals surface area contributed by atoms with Crippen LogP contribution in [-0.4, -0.2) is 36.4 Å². The van der Waals surface area contributed by atoms with Crippen LogP contribution in [0.25, 0.3) is 0 Å². The lowest BCUT2D eigenvalue weighted by atomic mass is 10.1. The molecule has 1 rings (SSSR count). The molecule has 0 saturated carbocycles. The van der Waals surface area contributed by atoms with Crippen LogP contribution in [0.3, 0.4) is 0 Å². The number of aromatic nitrogens is 1. The highest BCUT2D eigenvalue weighted by Gasteiger charge is 2.03. The first kappa shape index (κ1) is 12.6. The van der Waals surface area contributed by atoms with E-state index in [1.807, 2.05) is 19.2 Å². The molecule has 16 heavy (non-hydrogen) atoms. The Morgan fingerprint density at radius 1 is 1.50 bits per heavy atom. The first-order valence-electron chi connectivity index (χ1n) is 5.41. The zero-order valence-corrected chi connectivity index (χ0v) is 10.2. The molecule has 4 nitrogen and oxygen atoms in total. The Hall–Kier alpha value is -1.42. The molecule has 0 aliphatic rings. The van der Waals surface area contributed by atoms with Crippen molar-refractivity contribution in [2.75, 3.05) is 20.6 Å². The van der Waals surface area contributed by atoms with Crippen LogP contribution in [0.15, 0.2) is 18.5 Å².